The van der Waals surface area contributed by atoms with Crippen molar-refractivity contribution in [3.63, 3.8) is 0 Å². The second kappa shape index (κ2) is 8.52. The largest absolute Gasteiger partial charge is 0.378 e. The van der Waals surface area contributed by atoms with Gasteiger partial charge in [-0.2, -0.15) is 0 Å². The first-order valence-electron chi connectivity index (χ1n) is 9.44. The Balaban J connectivity index is 2.10. The molecule has 0 amide bonds. The average Bonchev–Trinajstić information content (AvgIpc) is 3.02. The van der Waals surface area contributed by atoms with Crippen molar-refractivity contribution in [3.8, 4) is 22.6 Å². The molecule has 4 aromatic rings. The summed E-state index contributed by atoms with van der Waals surface area (Å²) in [5.41, 5.74) is 4.83. The summed E-state index contributed by atoms with van der Waals surface area (Å²) in [6, 6.07) is 22.5. The summed E-state index contributed by atoms with van der Waals surface area (Å²) in [5.74, 6) is 0. The number of imidazole rings is 1. The summed E-state index contributed by atoms with van der Waals surface area (Å²) in [6.07, 6.45) is 0. The van der Waals surface area contributed by atoms with Gasteiger partial charge in [-0.15, -0.1) is 0 Å². The summed E-state index contributed by atoms with van der Waals surface area (Å²) in [4.78, 5) is 13.7. The second-order valence-corrected chi connectivity index (χ2v) is 7.88. The molecule has 0 atom stereocenters. The zero-order valence-corrected chi connectivity index (χ0v) is 18.1. The second-order valence-electron chi connectivity index (χ2n) is 7.00. The lowest BCUT2D eigenvalue weighted by Crippen LogP contribution is -2.23. The molecule has 152 valence electrons. The first kappa shape index (κ1) is 20.5. The van der Waals surface area contributed by atoms with Gasteiger partial charge in [0.2, 0.25) is 0 Å². The molecule has 0 aliphatic rings. The molecule has 0 unspecified atom stereocenters. The monoisotopic (exact) mass is 438 g/mol. The zero-order valence-electron chi connectivity index (χ0n) is 16.6. The van der Waals surface area contributed by atoms with E-state index in [2.05, 4.69) is 6.07 Å². The van der Waals surface area contributed by atoms with Gasteiger partial charge in [-0.1, -0.05) is 47.0 Å². The molecule has 0 aliphatic heterocycles. The van der Waals surface area contributed by atoms with Crippen molar-refractivity contribution in [3.05, 3.63) is 105 Å². The number of hydrogen-bond acceptors (Lipinski definition) is 2. The molecule has 4 nitrogen and oxygen atoms in total. The van der Waals surface area contributed by atoms with Gasteiger partial charge < -0.3 is 4.74 Å². The zero-order chi connectivity index (χ0) is 21.3. The third-order valence-electron chi connectivity index (χ3n) is 4.89. The summed E-state index contributed by atoms with van der Waals surface area (Å²) >= 11 is 12.2. The van der Waals surface area contributed by atoms with Gasteiger partial charge in [0.1, 0.15) is 0 Å². The molecule has 1 heterocycles. The molecule has 3 aromatic carbocycles. The third kappa shape index (κ3) is 3.82. The van der Waals surface area contributed by atoms with Gasteiger partial charge in [-0.05, 0) is 61.5 Å². The summed E-state index contributed by atoms with van der Waals surface area (Å²) in [6.45, 7) is 2.29. The Kier molecular flexibility index (Phi) is 5.82. The normalized spacial score (nSPS) is 11.1. The van der Waals surface area contributed by atoms with Gasteiger partial charge in [-0.25, -0.2) is 4.79 Å². The van der Waals surface area contributed by atoms with Crippen molar-refractivity contribution in [2.45, 2.75) is 13.5 Å². The van der Waals surface area contributed by atoms with Crippen LogP contribution in [0.15, 0.2) is 77.6 Å². The predicted octanol–water partition coefficient (Wildman–Crippen LogP) is 6.06. The highest BCUT2D eigenvalue weighted by Crippen LogP contribution is 2.30. The van der Waals surface area contributed by atoms with E-state index >= 15 is 0 Å². The molecule has 30 heavy (non-hydrogen) atoms. The van der Waals surface area contributed by atoms with Crippen LogP contribution in [0.1, 0.15) is 11.3 Å². The molecular weight excluding hydrogens is 419 g/mol. The van der Waals surface area contributed by atoms with Crippen molar-refractivity contribution in [2.24, 2.45) is 0 Å². The fraction of sp³-hybridized carbons (Fsp3) is 0.125. The summed E-state index contributed by atoms with van der Waals surface area (Å²) in [5, 5.41) is 1.22. The number of aromatic nitrogens is 2. The molecule has 0 spiro atoms. The van der Waals surface area contributed by atoms with Crippen LogP contribution >= 0.6 is 23.2 Å². The Labute approximate surface area is 184 Å². The first-order valence-corrected chi connectivity index (χ1v) is 10.2. The minimum absolute atomic E-state index is 0.191. The summed E-state index contributed by atoms with van der Waals surface area (Å²) in [7, 11) is 1.62. The maximum atomic E-state index is 13.7. The Morgan fingerprint density at radius 2 is 1.40 bits per heavy atom. The van der Waals surface area contributed by atoms with E-state index in [1.165, 1.54) is 0 Å². The van der Waals surface area contributed by atoms with Crippen LogP contribution < -0.4 is 5.69 Å². The Hall–Kier alpha value is -2.79. The molecule has 0 fully saturated rings. The lowest BCUT2D eigenvalue weighted by atomic mass is 10.1. The number of hydrogen-bond donors (Lipinski definition) is 0. The lowest BCUT2D eigenvalue weighted by Gasteiger charge is -2.11. The van der Waals surface area contributed by atoms with Gasteiger partial charge in [0.15, 0.2) is 0 Å². The van der Waals surface area contributed by atoms with Crippen LogP contribution in [0, 0.1) is 6.92 Å². The molecule has 0 N–H and O–H groups in total. The van der Waals surface area contributed by atoms with Crippen molar-refractivity contribution in [1.29, 1.82) is 0 Å². The number of methoxy groups -OCH3 is 1. The number of nitrogens with zero attached hydrogens (tertiary/aromatic N) is 2. The minimum Gasteiger partial charge on any atom is -0.378 e. The van der Waals surface area contributed by atoms with Crippen molar-refractivity contribution < 1.29 is 4.74 Å². The van der Waals surface area contributed by atoms with Crippen molar-refractivity contribution in [1.82, 2.24) is 9.13 Å². The van der Waals surface area contributed by atoms with Crippen LogP contribution in [-0.4, -0.2) is 16.2 Å². The van der Waals surface area contributed by atoms with Crippen LogP contribution in [0.3, 0.4) is 0 Å². The van der Waals surface area contributed by atoms with E-state index in [-0.39, 0.29) is 12.3 Å². The molecule has 0 aliphatic carbocycles. The average molecular weight is 439 g/mol. The summed E-state index contributed by atoms with van der Waals surface area (Å²) < 4.78 is 8.88. The van der Waals surface area contributed by atoms with Gasteiger partial charge in [0, 0.05) is 22.7 Å². The van der Waals surface area contributed by atoms with E-state index in [1.54, 1.807) is 40.5 Å². The van der Waals surface area contributed by atoms with E-state index in [1.807, 2.05) is 49.4 Å². The van der Waals surface area contributed by atoms with Crippen LogP contribution in [0.25, 0.3) is 22.6 Å². The molecule has 0 bridgehead atoms. The number of ether oxygens (including phenoxy) is 1. The van der Waals surface area contributed by atoms with Crippen LogP contribution in [0.2, 0.25) is 10.0 Å². The molecule has 6 heteroatoms. The standard InChI is InChI=1S/C24H20Cl2N2O2/c1-16-4-3-5-17(14-16)23-22(15-30-2)27(20-10-6-18(25)7-11-20)24(29)28(23)21-12-8-19(26)9-13-21/h3-14H,15H2,1-2H3. The number of rotatable bonds is 5. The smallest absolute Gasteiger partial charge is 0.338 e. The van der Waals surface area contributed by atoms with E-state index in [0.717, 1.165) is 33.9 Å². The number of halogens is 2. The van der Waals surface area contributed by atoms with E-state index in [9.17, 15) is 4.79 Å². The molecule has 0 saturated heterocycles. The molecule has 1 aromatic heterocycles. The van der Waals surface area contributed by atoms with Crippen LogP contribution in [-0.2, 0) is 11.3 Å². The highest BCUT2D eigenvalue weighted by Gasteiger charge is 2.23. The molecule has 0 radical (unpaired) electrons. The number of aryl methyl sites for hydroxylation is 1. The lowest BCUT2D eigenvalue weighted by molar-refractivity contribution is 0.180. The fourth-order valence-corrected chi connectivity index (χ4v) is 3.84. The highest BCUT2D eigenvalue weighted by molar-refractivity contribution is 6.30. The number of benzene rings is 3. The minimum atomic E-state index is -0.191. The van der Waals surface area contributed by atoms with Gasteiger partial charge in [0.05, 0.1) is 29.4 Å². The van der Waals surface area contributed by atoms with Crippen LogP contribution in [0.5, 0.6) is 0 Å². The Bertz CT molecular complexity index is 1240. The van der Waals surface area contributed by atoms with Gasteiger partial charge in [-0.3, -0.25) is 9.13 Å². The van der Waals surface area contributed by atoms with E-state index in [4.69, 9.17) is 27.9 Å². The molecule has 4 rings (SSSR count). The fourth-order valence-electron chi connectivity index (χ4n) is 3.59. The van der Waals surface area contributed by atoms with Gasteiger partial charge >= 0.3 is 5.69 Å². The van der Waals surface area contributed by atoms with E-state index in [0.29, 0.717) is 10.0 Å². The highest BCUT2D eigenvalue weighted by atomic mass is 35.5. The quantitative estimate of drug-likeness (QED) is 0.379. The van der Waals surface area contributed by atoms with Crippen LogP contribution in [0.4, 0.5) is 0 Å². The Morgan fingerprint density at radius 1 is 0.833 bits per heavy atom. The maximum Gasteiger partial charge on any atom is 0.338 e. The van der Waals surface area contributed by atoms with Crippen molar-refractivity contribution >= 4 is 23.2 Å². The molecular formula is C24H20Cl2N2O2. The topological polar surface area (TPSA) is 36.2 Å². The first-order chi connectivity index (χ1) is 14.5. The SMILES string of the molecule is COCc1c(-c2cccc(C)c2)n(-c2ccc(Cl)cc2)c(=O)n1-c1ccc(Cl)cc1. The predicted molar refractivity (Wildman–Crippen MR) is 122 cm³/mol. The van der Waals surface area contributed by atoms with Crippen molar-refractivity contribution in [2.75, 3.05) is 7.11 Å². The Morgan fingerprint density at radius 3 is 1.93 bits per heavy atom. The third-order valence-corrected chi connectivity index (χ3v) is 5.40. The van der Waals surface area contributed by atoms with Gasteiger partial charge in [0.25, 0.3) is 0 Å². The molecule has 0 saturated carbocycles. The van der Waals surface area contributed by atoms with E-state index < -0.39 is 0 Å². The maximum absolute atomic E-state index is 13.7.